The lowest BCUT2D eigenvalue weighted by atomic mass is 10.1. The third-order valence-corrected chi connectivity index (χ3v) is 4.58. The fourth-order valence-electron chi connectivity index (χ4n) is 2.58. The highest BCUT2D eigenvalue weighted by Crippen LogP contribution is 2.35. The smallest absolute Gasteiger partial charge is 0.416 e. The minimum Gasteiger partial charge on any atom is -0.478 e. The summed E-state index contributed by atoms with van der Waals surface area (Å²) in [5.41, 5.74) is 3.74. The van der Waals surface area contributed by atoms with Gasteiger partial charge in [0.15, 0.2) is 22.3 Å². The molecule has 0 fully saturated rings. The second-order valence-corrected chi connectivity index (χ2v) is 6.83. The Bertz CT molecular complexity index is 1100. The van der Waals surface area contributed by atoms with Crippen LogP contribution < -0.4 is 10.5 Å². The summed E-state index contributed by atoms with van der Waals surface area (Å²) in [5.74, 6) is -4.21. The summed E-state index contributed by atoms with van der Waals surface area (Å²) < 4.78 is 76.9. The average Bonchev–Trinajstić information content (AvgIpc) is 3.05. The molecule has 0 radical (unpaired) electrons. The fourth-order valence-corrected chi connectivity index (χ4v) is 3.06. The van der Waals surface area contributed by atoms with Crippen LogP contribution in [0.1, 0.15) is 34.8 Å². The molecule has 1 atom stereocenters. The molecule has 2 aromatic carbocycles. The van der Waals surface area contributed by atoms with Crippen LogP contribution in [0.25, 0.3) is 11.3 Å². The standard InChI is InChI=1S/C19H12BrF5N2O3/c1-8(29-12-7-6-11(21)13(14(12)22)17(26)28)18-27-15(16(20)30-18)9-2-4-10(5-3-9)19(23,24)25/h2-8H,1H3,(H2,26,28)/t8-/m1/s1. The molecule has 0 saturated heterocycles. The molecule has 0 bridgehead atoms. The van der Waals surface area contributed by atoms with Gasteiger partial charge in [-0.3, -0.25) is 4.79 Å². The third kappa shape index (κ3) is 4.30. The molecule has 3 aromatic rings. The molecular weight excluding hydrogens is 479 g/mol. The minimum absolute atomic E-state index is 0.0406. The molecule has 5 nitrogen and oxygen atoms in total. The highest BCUT2D eigenvalue weighted by molar-refractivity contribution is 9.10. The molecule has 158 valence electrons. The van der Waals surface area contributed by atoms with Crippen LogP contribution in [0, 0.1) is 11.6 Å². The predicted octanol–water partition coefficient (Wildman–Crippen LogP) is 5.64. The first kappa shape index (κ1) is 21.8. The molecule has 0 aliphatic rings. The minimum atomic E-state index is -4.48. The molecule has 3 rings (SSSR count). The normalized spacial score (nSPS) is 12.6. The fraction of sp³-hybridized carbons (Fsp3) is 0.158. The quantitative estimate of drug-likeness (QED) is 0.469. The second-order valence-electron chi connectivity index (χ2n) is 6.11. The molecule has 0 saturated carbocycles. The zero-order valence-corrected chi connectivity index (χ0v) is 16.6. The first-order valence-corrected chi connectivity index (χ1v) is 9.06. The maximum Gasteiger partial charge on any atom is 0.416 e. The van der Waals surface area contributed by atoms with E-state index in [0.717, 1.165) is 24.3 Å². The van der Waals surface area contributed by atoms with Gasteiger partial charge in [0.2, 0.25) is 5.89 Å². The zero-order valence-electron chi connectivity index (χ0n) is 15.1. The average molecular weight is 491 g/mol. The van der Waals surface area contributed by atoms with Gasteiger partial charge in [-0.15, -0.1) is 0 Å². The van der Waals surface area contributed by atoms with Crippen LogP contribution in [0.15, 0.2) is 45.5 Å². The van der Waals surface area contributed by atoms with E-state index in [1.807, 2.05) is 0 Å². The van der Waals surface area contributed by atoms with Crippen LogP contribution in [0.2, 0.25) is 0 Å². The Hall–Kier alpha value is -2.95. The van der Waals surface area contributed by atoms with E-state index < -0.39 is 46.7 Å². The molecule has 1 amide bonds. The second kappa shape index (κ2) is 8.05. The van der Waals surface area contributed by atoms with Crippen molar-refractivity contribution >= 4 is 21.8 Å². The Balaban J connectivity index is 1.87. The number of hydrogen-bond donors (Lipinski definition) is 1. The predicted molar refractivity (Wildman–Crippen MR) is 98.6 cm³/mol. The maximum atomic E-state index is 14.3. The van der Waals surface area contributed by atoms with Crippen molar-refractivity contribution in [2.45, 2.75) is 19.2 Å². The maximum absolute atomic E-state index is 14.3. The molecule has 0 spiro atoms. The molecule has 11 heteroatoms. The number of carbonyl (C=O) groups excluding carboxylic acids is 1. The van der Waals surface area contributed by atoms with Crippen molar-refractivity contribution in [3.8, 4) is 17.0 Å². The molecule has 0 aliphatic carbocycles. The Kier molecular flexibility index (Phi) is 5.84. The van der Waals surface area contributed by atoms with Gasteiger partial charge >= 0.3 is 6.18 Å². The van der Waals surface area contributed by atoms with Crippen LogP contribution in [-0.2, 0) is 6.18 Å². The summed E-state index contributed by atoms with van der Waals surface area (Å²) in [4.78, 5) is 15.4. The number of alkyl halides is 3. The van der Waals surface area contributed by atoms with Crippen LogP contribution in [0.4, 0.5) is 22.0 Å². The van der Waals surface area contributed by atoms with Crippen molar-refractivity contribution < 1.29 is 35.9 Å². The SMILES string of the molecule is C[C@@H](Oc1ccc(F)c(C(N)=O)c1F)c1nc(-c2ccc(C(F)(F)F)cc2)c(Br)o1. The van der Waals surface area contributed by atoms with Gasteiger partial charge in [-0.2, -0.15) is 13.2 Å². The van der Waals surface area contributed by atoms with Gasteiger partial charge in [0.05, 0.1) is 5.56 Å². The number of hydrogen-bond acceptors (Lipinski definition) is 4. The van der Waals surface area contributed by atoms with E-state index in [1.54, 1.807) is 0 Å². The largest absolute Gasteiger partial charge is 0.478 e. The number of halogens is 6. The van der Waals surface area contributed by atoms with Gasteiger partial charge in [0.25, 0.3) is 5.91 Å². The number of aromatic nitrogens is 1. The van der Waals surface area contributed by atoms with Gasteiger partial charge in [-0.25, -0.2) is 13.8 Å². The lowest BCUT2D eigenvalue weighted by Gasteiger charge is -2.13. The molecule has 0 aliphatic heterocycles. The zero-order chi connectivity index (χ0) is 22.2. The molecule has 1 heterocycles. The van der Waals surface area contributed by atoms with Gasteiger partial charge < -0.3 is 14.9 Å². The number of primary amides is 1. The lowest BCUT2D eigenvalue weighted by Crippen LogP contribution is -2.16. The molecule has 30 heavy (non-hydrogen) atoms. The molecule has 2 N–H and O–H groups in total. The van der Waals surface area contributed by atoms with Crippen molar-refractivity contribution in [1.82, 2.24) is 4.98 Å². The summed E-state index contributed by atoms with van der Waals surface area (Å²) in [6.45, 7) is 1.45. The highest BCUT2D eigenvalue weighted by atomic mass is 79.9. The number of amides is 1. The van der Waals surface area contributed by atoms with E-state index in [1.165, 1.54) is 19.1 Å². The number of nitrogens with two attached hydrogens (primary N) is 1. The van der Waals surface area contributed by atoms with Crippen molar-refractivity contribution in [3.05, 3.63) is 69.7 Å². The topological polar surface area (TPSA) is 78.4 Å². The van der Waals surface area contributed by atoms with Crippen LogP contribution in [0.5, 0.6) is 5.75 Å². The van der Waals surface area contributed by atoms with E-state index in [4.69, 9.17) is 14.9 Å². The summed E-state index contributed by atoms with van der Waals surface area (Å²) in [6, 6.07) is 6.04. The highest BCUT2D eigenvalue weighted by Gasteiger charge is 2.30. The summed E-state index contributed by atoms with van der Waals surface area (Å²) in [7, 11) is 0. The van der Waals surface area contributed by atoms with E-state index >= 15 is 0 Å². The number of nitrogens with zero attached hydrogens (tertiary/aromatic N) is 1. The Morgan fingerprint density at radius 2 is 1.80 bits per heavy atom. The molecule has 1 aromatic heterocycles. The molecular formula is C19H12BrF5N2O3. The van der Waals surface area contributed by atoms with Crippen LogP contribution in [-0.4, -0.2) is 10.9 Å². The van der Waals surface area contributed by atoms with E-state index in [9.17, 15) is 26.7 Å². The number of oxazole rings is 1. The summed E-state index contributed by atoms with van der Waals surface area (Å²) >= 11 is 3.13. The monoisotopic (exact) mass is 490 g/mol. The number of benzene rings is 2. The lowest BCUT2D eigenvalue weighted by molar-refractivity contribution is -0.137. The van der Waals surface area contributed by atoms with Crippen molar-refractivity contribution in [1.29, 1.82) is 0 Å². The Morgan fingerprint density at radius 1 is 1.17 bits per heavy atom. The summed E-state index contributed by atoms with van der Waals surface area (Å²) in [6.07, 6.45) is -5.47. The number of ether oxygens (including phenoxy) is 1. The Labute approximate surface area is 174 Å². The van der Waals surface area contributed by atoms with Crippen LogP contribution >= 0.6 is 15.9 Å². The van der Waals surface area contributed by atoms with Crippen molar-refractivity contribution in [2.75, 3.05) is 0 Å². The number of carbonyl (C=O) groups is 1. The summed E-state index contributed by atoms with van der Waals surface area (Å²) in [5, 5.41) is 0. The van der Waals surface area contributed by atoms with E-state index in [0.29, 0.717) is 5.56 Å². The first-order chi connectivity index (χ1) is 14.0. The van der Waals surface area contributed by atoms with Gasteiger partial charge in [-0.05, 0) is 47.1 Å². The van der Waals surface area contributed by atoms with E-state index in [2.05, 4.69) is 20.9 Å². The third-order valence-electron chi connectivity index (χ3n) is 4.04. The van der Waals surface area contributed by atoms with Gasteiger partial charge in [0, 0.05) is 5.56 Å². The van der Waals surface area contributed by atoms with Gasteiger partial charge in [-0.1, -0.05) is 12.1 Å². The van der Waals surface area contributed by atoms with Crippen molar-refractivity contribution in [2.24, 2.45) is 5.73 Å². The number of rotatable bonds is 5. The Morgan fingerprint density at radius 3 is 2.37 bits per heavy atom. The molecule has 0 unspecified atom stereocenters. The van der Waals surface area contributed by atoms with Crippen LogP contribution in [0.3, 0.4) is 0 Å². The first-order valence-electron chi connectivity index (χ1n) is 8.27. The van der Waals surface area contributed by atoms with Crippen molar-refractivity contribution in [3.63, 3.8) is 0 Å². The van der Waals surface area contributed by atoms with Gasteiger partial charge in [0.1, 0.15) is 17.1 Å². The van der Waals surface area contributed by atoms with E-state index in [-0.39, 0.29) is 16.3 Å².